The third kappa shape index (κ3) is 3.52. The van der Waals surface area contributed by atoms with Crippen LogP contribution >= 0.6 is 0 Å². The summed E-state index contributed by atoms with van der Waals surface area (Å²) >= 11 is 0. The van der Waals surface area contributed by atoms with E-state index in [2.05, 4.69) is 0 Å². The SMILES string of the molecule is CCc1cc(CCC2(C3CCCC3)CC(=O)CC(=O)O2)ccc1F. The van der Waals surface area contributed by atoms with Crippen LogP contribution in [0.5, 0.6) is 0 Å². The summed E-state index contributed by atoms with van der Waals surface area (Å²) in [6.07, 6.45) is 6.54. The summed E-state index contributed by atoms with van der Waals surface area (Å²) < 4.78 is 19.5. The highest BCUT2D eigenvalue weighted by molar-refractivity contribution is 5.98. The quantitative estimate of drug-likeness (QED) is 0.601. The van der Waals surface area contributed by atoms with Crippen molar-refractivity contribution < 1.29 is 18.7 Å². The Hall–Kier alpha value is -1.71. The molecule has 1 aromatic rings. The number of ether oxygens (including phenoxy) is 1. The summed E-state index contributed by atoms with van der Waals surface area (Å²) in [4.78, 5) is 24.0. The van der Waals surface area contributed by atoms with Crippen molar-refractivity contribution in [2.75, 3.05) is 0 Å². The van der Waals surface area contributed by atoms with E-state index in [1.165, 1.54) is 6.07 Å². The number of rotatable bonds is 5. The van der Waals surface area contributed by atoms with E-state index in [4.69, 9.17) is 4.74 Å². The second-order valence-electron chi connectivity index (χ2n) is 7.19. The van der Waals surface area contributed by atoms with Gasteiger partial charge >= 0.3 is 5.97 Å². The first-order chi connectivity index (χ1) is 11.5. The number of hydrogen-bond acceptors (Lipinski definition) is 3. The molecule has 4 heteroatoms. The minimum Gasteiger partial charge on any atom is -0.458 e. The molecule has 0 amide bonds. The Bertz CT molecular complexity index is 616. The van der Waals surface area contributed by atoms with Gasteiger partial charge in [0.1, 0.15) is 23.6 Å². The van der Waals surface area contributed by atoms with Gasteiger partial charge in [0, 0.05) is 6.42 Å². The molecule has 24 heavy (non-hydrogen) atoms. The highest BCUT2D eigenvalue weighted by Gasteiger charge is 2.47. The molecule has 3 rings (SSSR count). The summed E-state index contributed by atoms with van der Waals surface area (Å²) in [6.45, 7) is 1.93. The van der Waals surface area contributed by atoms with Crippen LogP contribution in [0.2, 0.25) is 0 Å². The number of benzene rings is 1. The molecule has 0 aromatic heterocycles. The Labute approximate surface area is 142 Å². The maximum absolute atomic E-state index is 13.7. The molecule has 0 N–H and O–H groups in total. The Kier molecular flexibility index (Phi) is 5.02. The van der Waals surface area contributed by atoms with Crippen molar-refractivity contribution in [2.24, 2.45) is 5.92 Å². The van der Waals surface area contributed by atoms with E-state index >= 15 is 0 Å². The number of hydrogen-bond donors (Lipinski definition) is 0. The molecule has 1 heterocycles. The molecular formula is C20H25FO3. The van der Waals surface area contributed by atoms with Gasteiger partial charge in [0.05, 0.1) is 0 Å². The summed E-state index contributed by atoms with van der Waals surface area (Å²) in [6, 6.07) is 5.20. The molecule has 1 atom stereocenters. The van der Waals surface area contributed by atoms with Gasteiger partial charge in [0.2, 0.25) is 0 Å². The van der Waals surface area contributed by atoms with Gasteiger partial charge in [-0.2, -0.15) is 0 Å². The van der Waals surface area contributed by atoms with Gasteiger partial charge in [-0.15, -0.1) is 0 Å². The number of Topliss-reactive ketones (excluding diaryl/α,β-unsaturated/α-hetero) is 1. The number of aryl methyl sites for hydroxylation is 2. The molecule has 1 aliphatic carbocycles. The fourth-order valence-electron chi connectivity index (χ4n) is 4.29. The lowest BCUT2D eigenvalue weighted by Gasteiger charge is -2.41. The zero-order chi connectivity index (χ0) is 17.2. The van der Waals surface area contributed by atoms with E-state index in [9.17, 15) is 14.0 Å². The molecule has 1 saturated heterocycles. The molecule has 0 spiro atoms. The van der Waals surface area contributed by atoms with Crippen LogP contribution < -0.4 is 0 Å². The van der Waals surface area contributed by atoms with Crippen molar-refractivity contribution in [1.29, 1.82) is 0 Å². The van der Waals surface area contributed by atoms with Crippen LogP contribution in [0, 0.1) is 11.7 Å². The number of carbonyl (C=O) groups is 2. The van der Waals surface area contributed by atoms with E-state index in [0.29, 0.717) is 31.2 Å². The first-order valence-electron chi connectivity index (χ1n) is 9.03. The van der Waals surface area contributed by atoms with E-state index in [0.717, 1.165) is 31.2 Å². The molecule has 3 nitrogen and oxygen atoms in total. The fourth-order valence-corrected chi connectivity index (χ4v) is 4.29. The number of carbonyl (C=O) groups excluding carboxylic acids is 2. The third-order valence-corrected chi connectivity index (χ3v) is 5.58. The molecule has 2 aliphatic rings. The summed E-state index contributed by atoms with van der Waals surface area (Å²) in [5.74, 6) is -0.291. The van der Waals surface area contributed by atoms with E-state index in [1.807, 2.05) is 13.0 Å². The lowest BCUT2D eigenvalue weighted by molar-refractivity contribution is -0.178. The second kappa shape index (κ2) is 7.04. The average molecular weight is 332 g/mol. The maximum Gasteiger partial charge on any atom is 0.313 e. The predicted octanol–water partition coefficient (Wildman–Crippen LogP) is 4.16. The normalized spacial score (nSPS) is 25.1. The molecule has 0 bridgehead atoms. The molecule has 130 valence electrons. The maximum atomic E-state index is 13.7. The van der Waals surface area contributed by atoms with Crippen LogP contribution in [0.1, 0.15) is 63.0 Å². The Morgan fingerprint density at radius 1 is 1.25 bits per heavy atom. The first-order valence-corrected chi connectivity index (χ1v) is 9.03. The Balaban J connectivity index is 1.79. The molecule has 1 unspecified atom stereocenters. The van der Waals surface area contributed by atoms with Gasteiger partial charge in [0.15, 0.2) is 0 Å². The van der Waals surface area contributed by atoms with E-state index < -0.39 is 5.60 Å². The molecular weight excluding hydrogens is 307 g/mol. The van der Waals surface area contributed by atoms with Crippen molar-refractivity contribution in [1.82, 2.24) is 0 Å². The monoisotopic (exact) mass is 332 g/mol. The zero-order valence-corrected chi connectivity index (χ0v) is 14.3. The largest absolute Gasteiger partial charge is 0.458 e. The van der Waals surface area contributed by atoms with Crippen LogP contribution in [0.4, 0.5) is 4.39 Å². The molecule has 1 saturated carbocycles. The zero-order valence-electron chi connectivity index (χ0n) is 14.3. The lowest BCUT2D eigenvalue weighted by Crippen LogP contribution is -2.48. The van der Waals surface area contributed by atoms with E-state index in [-0.39, 0.29) is 29.9 Å². The van der Waals surface area contributed by atoms with Gasteiger partial charge in [-0.05, 0) is 55.2 Å². The number of esters is 1. The summed E-state index contributed by atoms with van der Waals surface area (Å²) in [7, 11) is 0. The van der Waals surface area contributed by atoms with Crippen molar-refractivity contribution in [3.8, 4) is 0 Å². The highest BCUT2D eigenvalue weighted by atomic mass is 19.1. The van der Waals surface area contributed by atoms with Gasteiger partial charge in [-0.25, -0.2) is 4.39 Å². The molecule has 1 aliphatic heterocycles. The summed E-state index contributed by atoms with van der Waals surface area (Å²) in [5, 5.41) is 0. The van der Waals surface area contributed by atoms with Crippen molar-refractivity contribution in [3.05, 3.63) is 35.1 Å². The summed E-state index contributed by atoms with van der Waals surface area (Å²) in [5.41, 5.74) is 1.10. The van der Waals surface area contributed by atoms with E-state index in [1.54, 1.807) is 6.07 Å². The topological polar surface area (TPSA) is 43.4 Å². The van der Waals surface area contributed by atoms with Crippen molar-refractivity contribution >= 4 is 11.8 Å². The number of ketones is 1. The van der Waals surface area contributed by atoms with Crippen LogP contribution in [0.25, 0.3) is 0 Å². The second-order valence-corrected chi connectivity index (χ2v) is 7.19. The fraction of sp³-hybridized carbons (Fsp3) is 0.600. The third-order valence-electron chi connectivity index (χ3n) is 5.58. The van der Waals surface area contributed by atoms with Gasteiger partial charge in [0.25, 0.3) is 0 Å². The average Bonchev–Trinajstić information content (AvgIpc) is 3.08. The number of cyclic esters (lactones) is 1. The molecule has 0 radical (unpaired) electrons. The Morgan fingerprint density at radius 2 is 2.00 bits per heavy atom. The Morgan fingerprint density at radius 3 is 2.67 bits per heavy atom. The molecule has 2 fully saturated rings. The van der Waals surface area contributed by atoms with Gasteiger partial charge < -0.3 is 4.74 Å². The predicted molar refractivity (Wildman–Crippen MR) is 89.1 cm³/mol. The first kappa shape index (κ1) is 17.1. The minimum absolute atomic E-state index is 0.00787. The van der Waals surface area contributed by atoms with Gasteiger partial charge in [-0.3, -0.25) is 9.59 Å². The van der Waals surface area contributed by atoms with Gasteiger partial charge in [-0.1, -0.05) is 31.9 Å². The highest BCUT2D eigenvalue weighted by Crippen LogP contribution is 2.43. The van der Waals surface area contributed by atoms with Crippen molar-refractivity contribution in [3.63, 3.8) is 0 Å². The molecule has 1 aromatic carbocycles. The minimum atomic E-state index is -0.649. The lowest BCUT2D eigenvalue weighted by atomic mass is 9.76. The van der Waals surface area contributed by atoms with Crippen molar-refractivity contribution in [2.45, 2.75) is 70.3 Å². The van der Waals surface area contributed by atoms with Crippen LogP contribution in [0.3, 0.4) is 0 Å². The van der Waals surface area contributed by atoms with Crippen LogP contribution in [-0.2, 0) is 27.2 Å². The van der Waals surface area contributed by atoms with Crippen LogP contribution in [0.15, 0.2) is 18.2 Å². The van der Waals surface area contributed by atoms with Crippen LogP contribution in [-0.4, -0.2) is 17.4 Å². The smallest absolute Gasteiger partial charge is 0.313 e. The number of halogens is 1. The standard InChI is InChI=1S/C20H25FO3/c1-2-15-11-14(7-8-18(15)21)9-10-20(16-5-3-4-6-16)13-17(22)12-19(23)24-20/h7-8,11,16H,2-6,9-10,12-13H2,1H3.